The van der Waals surface area contributed by atoms with Crippen LogP contribution in [0, 0.1) is 0 Å². The normalized spacial score (nSPS) is 16.6. The van der Waals surface area contributed by atoms with Gasteiger partial charge in [-0.1, -0.05) is 13.8 Å². The number of hydrogen-bond donors (Lipinski definition) is 1. The van der Waals surface area contributed by atoms with Gasteiger partial charge in [0.1, 0.15) is 33.3 Å². The van der Waals surface area contributed by atoms with E-state index in [4.69, 9.17) is 15.7 Å². The van der Waals surface area contributed by atoms with Crippen molar-refractivity contribution in [3.63, 3.8) is 0 Å². The molecule has 0 saturated heterocycles. The summed E-state index contributed by atoms with van der Waals surface area (Å²) in [6.45, 7) is 12.6. The second-order valence-electron chi connectivity index (χ2n) is 14.8. The summed E-state index contributed by atoms with van der Waals surface area (Å²) in [4.78, 5) is 59.7. The number of amides is 2. The molecular formula is C39H54ClN11O6S2. The van der Waals surface area contributed by atoms with Gasteiger partial charge in [-0.25, -0.2) is 36.8 Å². The van der Waals surface area contributed by atoms with Gasteiger partial charge in [-0.2, -0.15) is 0 Å². The Labute approximate surface area is 351 Å². The van der Waals surface area contributed by atoms with Crippen molar-refractivity contribution in [3.05, 3.63) is 60.4 Å². The Hall–Kier alpha value is -4.85. The summed E-state index contributed by atoms with van der Waals surface area (Å²) in [5.41, 5.74) is 10.5. The van der Waals surface area contributed by atoms with Crippen LogP contribution in [0.5, 0.6) is 0 Å². The van der Waals surface area contributed by atoms with Crippen LogP contribution in [-0.2, 0) is 41.4 Å². The first-order chi connectivity index (χ1) is 27.6. The highest BCUT2D eigenvalue weighted by atomic mass is 35.7. The molecule has 2 aliphatic rings. The van der Waals surface area contributed by atoms with Gasteiger partial charge in [0.05, 0.1) is 24.4 Å². The van der Waals surface area contributed by atoms with Crippen LogP contribution in [0.4, 0.5) is 23.0 Å². The molecule has 0 bridgehead atoms. The van der Waals surface area contributed by atoms with Crippen molar-refractivity contribution in [2.24, 2.45) is 5.73 Å². The lowest BCUT2D eigenvalue weighted by Gasteiger charge is -2.42. The molecule has 0 aliphatic carbocycles. The Morgan fingerprint density at radius 3 is 1.46 bits per heavy atom. The van der Waals surface area contributed by atoms with E-state index in [1.807, 2.05) is 38.7 Å². The van der Waals surface area contributed by atoms with E-state index in [0.29, 0.717) is 42.5 Å². The number of sulfone groups is 1. The number of carbonyl (C=O) groups is 2. The quantitative estimate of drug-likeness (QED) is 0.220. The number of nitrogens with two attached hydrogens (primary N) is 1. The molecule has 4 aromatic rings. The zero-order chi connectivity index (χ0) is 44.0. The van der Waals surface area contributed by atoms with E-state index in [9.17, 15) is 26.4 Å². The number of aryl methyl sites for hydroxylation is 1. The van der Waals surface area contributed by atoms with E-state index in [-0.39, 0.29) is 41.7 Å². The van der Waals surface area contributed by atoms with Crippen molar-refractivity contribution in [2.45, 2.75) is 91.5 Å². The van der Waals surface area contributed by atoms with Crippen molar-refractivity contribution in [2.75, 3.05) is 52.0 Å². The molecule has 6 heterocycles. The summed E-state index contributed by atoms with van der Waals surface area (Å²) in [5, 5.41) is 0. The molecule has 2 amide bonds. The van der Waals surface area contributed by atoms with Gasteiger partial charge >= 0.3 is 0 Å². The Morgan fingerprint density at radius 2 is 1.10 bits per heavy atom. The maximum atomic E-state index is 12.8. The van der Waals surface area contributed by atoms with Crippen molar-refractivity contribution < 1.29 is 26.4 Å². The molecule has 2 aliphatic heterocycles. The molecule has 59 heavy (non-hydrogen) atoms. The average Bonchev–Trinajstić information content (AvgIpc) is 3.18. The molecular weight excluding hydrogens is 818 g/mol. The highest BCUT2D eigenvalue weighted by molar-refractivity contribution is 8.13. The van der Waals surface area contributed by atoms with Crippen LogP contribution in [0.3, 0.4) is 0 Å². The second-order valence-corrected chi connectivity index (χ2v) is 20.1. The number of rotatable bonds is 10. The maximum absolute atomic E-state index is 12.8. The largest absolute Gasteiger partial charge is 0.340 e. The van der Waals surface area contributed by atoms with Gasteiger partial charge in [0.25, 0.3) is 0 Å². The van der Waals surface area contributed by atoms with E-state index >= 15 is 0 Å². The van der Waals surface area contributed by atoms with Gasteiger partial charge < -0.3 is 25.3 Å². The third-order valence-corrected chi connectivity index (χ3v) is 10.7. The average molecular weight is 873 g/mol. The molecule has 0 unspecified atom stereocenters. The van der Waals surface area contributed by atoms with E-state index < -0.39 is 18.9 Å². The lowest BCUT2D eigenvalue weighted by atomic mass is 10.0. The Balaban J connectivity index is 0.000000236. The highest BCUT2D eigenvalue weighted by Crippen LogP contribution is 2.38. The van der Waals surface area contributed by atoms with Crippen molar-refractivity contribution in [3.8, 4) is 22.8 Å². The van der Waals surface area contributed by atoms with E-state index in [1.54, 1.807) is 67.1 Å². The molecule has 0 spiro atoms. The maximum Gasteiger partial charge on any atom is 0.249 e. The summed E-state index contributed by atoms with van der Waals surface area (Å²) in [5.74, 6) is 2.74. The Bertz CT molecular complexity index is 2360. The van der Waals surface area contributed by atoms with Crippen molar-refractivity contribution in [1.29, 1.82) is 0 Å². The fourth-order valence-electron chi connectivity index (χ4n) is 6.96. The SMILES string of the molecule is CC[C@@H]1C(=O)N(C)c2cnc(-c3ccncc3CCS(C)(=O)=O)nc2N1C(C)C.CC[C@@H]1C(=O)N(C)c2cnc(-c3ccncc3CN)nc2N1C(C)C.CS(=O)(=O)Cl. The van der Waals surface area contributed by atoms with Crippen LogP contribution < -0.4 is 25.3 Å². The smallest absolute Gasteiger partial charge is 0.249 e. The lowest BCUT2D eigenvalue weighted by molar-refractivity contribution is -0.120. The number of aromatic nitrogens is 6. The molecule has 0 fully saturated rings. The highest BCUT2D eigenvalue weighted by Gasteiger charge is 2.39. The van der Waals surface area contributed by atoms with Crippen LogP contribution in [0.2, 0.25) is 0 Å². The summed E-state index contributed by atoms with van der Waals surface area (Å²) in [7, 11) is 1.73. The number of fused-ring (bicyclic) bond motifs is 2. The minimum absolute atomic E-state index is 0.0304. The Morgan fingerprint density at radius 1 is 0.712 bits per heavy atom. The van der Waals surface area contributed by atoms with Crippen LogP contribution in [-0.4, -0.2) is 115 Å². The molecule has 2 N–H and O–H groups in total. The summed E-state index contributed by atoms with van der Waals surface area (Å²) < 4.78 is 42.0. The van der Waals surface area contributed by atoms with Gasteiger partial charge in [0.2, 0.25) is 20.9 Å². The summed E-state index contributed by atoms with van der Waals surface area (Å²) in [6.07, 6.45) is 14.0. The van der Waals surface area contributed by atoms with Gasteiger partial charge in [0, 0.05) is 85.6 Å². The summed E-state index contributed by atoms with van der Waals surface area (Å²) in [6, 6.07) is 3.41. The van der Waals surface area contributed by atoms with Crippen LogP contribution in [0.25, 0.3) is 22.8 Å². The molecule has 320 valence electrons. The predicted octanol–water partition coefficient (Wildman–Crippen LogP) is 4.25. The third-order valence-electron chi connectivity index (χ3n) is 9.75. The monoisotopic (exact) mass is 871 g/mol. The number of hydrogen-bond acceptors (Lipinski definition) is 15. The molecule has 2 atom stereocenters. The molecule has 0 aromatic carbocycles. The van der Waals surface area contributed by atoms with E-state index in [0.717, 1.165) is 46.4 Å². The molecule has 0 saturated carbocycles. The minimum atomic E-state index is -3.19. The Kier molecular flexibility index (Phi) is 15.5. The molecule has 0 radical (unpaired) electrons. The van der Waals surface area contributed by atoms with Crippen LogP contribution in [0.1, 0.15) is 65.5 Å². The first-order valence-corrected chi connectivity index (χ1v) is 23.9. The number of carbonyl (C=O) groups excluding carboxylic acids is 2. The molecule has 20 heteroatoms. The lowest BCUT2D eigenvalue weighted by Crippen LogP contribution is -2.54. The minimum Gasteiger partial charge on any atom is -0.340 e. The summed E-state index contributed by atoms with van der Waals surface area (Å²) >= 11 is 0. The molecule has 17 nitrogen and oxygen atoms in total. The number of nitrogens with zero attached hydrogens (tertiary/aromatic N) is 10. The van der Waals surface area contributed by atoms with Crippen molar-refractivity contribution in [1.82, 2.24) is 29.9 Å². The predicted molar refractivity (Wildman–Crippen MR) is 233 cm³/mol. The van der Waals surface area contributed by atoms with Gasteiger partial charge in [-0.3, -0.25) is 19.6 Å². The first kappa shape index (κ1) is 46.8. The van der Waals surface area contributed by atoms with Gasteiger partial charge in [-0.15, -0.1) is 0 Å². The standard InChI is InChI=1S/C20H27N5O3S.C18H24N6O.CH3ClO2S/c1-6-16-20(26)24(4)17-12-22-18(23-19(17)25(16)13(2)3)15-7-9-21-11-14(15)8-10-29(5,27)28;1-5-14-18(25)23(4)15-10-21-16(22-17(15)24(14)11(2)3)13-6-7-20-9-12(13)8-19;1-5(2,3)4/h7,9,11-13,16H,6,8,10H2,1-5H3;6-7,9-11,14H,5,8,19H2,1-4H3;1H3/t16-;14-;/m11./s1. The van der Waals surface area contributed by atoms with Crippen molar-refractivity contribution >= 4 is 64.4 Å². The number of anilines is 4. The zero-order valence-electron chi connectivity index (χ0n) is 35.2. The fraction of sp³-hybridized carbons (Fsp3) is 0.487. The number of pyridine rings is 2. The molecule has 6 rings (SSSR count). The van der Waals surface area contributed by atoms with Gasteiger partial charge in [-0.05, 0) is 70.2 Å². The number of halogens is 1. The van der Waals surface area contributed by atoms with E-state index in [2.05, 4.69) is 49.4 Å². The van der Waals surface area contributed by atoms with Crippen LogP contribution in [0.15, 0.2) is 49.3 Å². The van der Waals surface area contributed by atoms with Gasteiger partial charge in [0.15, 0.2) is 23.3 Å². The second kappa shape index (κ2) is 19.5. The zero-order valence-corrected chi connectivity index (χ0v) is 37.5. The first-order valence-electron chi connectivity index (χ1n) is 19.1. The number of likely N-dealkylation sites (N-methyl/N-ethyl adjacent to an activating group) is 2. The van der Waals surface area contributed by atoms with Crippen LogP contribution >= 0.6 is 10.7 Å². The topological polar surface area (TPSA) is 219 Å². The fourth-order valence-corrected chi connectivity index (χ4v) is 7.55. The molecule has 4 aromatic heterocycles. The van der Waals surface area contributed by atoms with E-state index in [1.165, 1.54) is 6.26 Å². The third kappa shape index (κ3) is 11.3.